The van der Waals surface area contributed by atoms with Gasteiger partial charge in [-0.05, 0) is 48.1 Å². The molecule has 0 unspecified atom stereocenters. The Bertz CT molecular complexity index is 854. The second kappa shape index (κ2) is 8.17. The first-order valence-corrected chi connectivity index (χ1v) is 9.77. The zero-order chi connectivity index (χ0) is 18.4. The third-order valence-corrected chi connectivity index (χ3v) is 5.00. The second-order valence-electron chi connectivity index (χ2n) is 5.44. The predicted octanol–water partition coefficient (Wildman–Crippen LogP) is 2.58. The summed E-state index contributed by atoms with van der Waals surface area (Å²) in [5, 5.41) is 6.61. The summed E-state index contributed by atoms with van der Waals surface area (Å²) in [6, 6.07) is 14.7. The highest BCUT2D eigenvalue weighted by Crippen LogP contribution is 2.20. The van der Waals surface area contributed by atoms with E-state index in [1.165, 1.54) is 11.4 Å². The predicted molar refractivity (Wildman–Crippen MR) is 106 cm³/mol. The van der Waals surface area contributed by atoms with Crippen LogP contribution in [0, 0.1) is 0 Å². The van der Waals surface area contributed by atoms with Crippen molar-refractivity contribution in [1.29, 1.82) is 0 Å². The molecule has 0 heterocycles. The van der Waals surface area contributed by atoms with Crippen LogP contribution in [0.25, 0.3) is 0 Å². The molecule has 0 aliphatic rings. The van der Waals surface area contributed by atoms with Crippen molar-refractivity contribution < 1.29 is 13.2 Å². The standard InChI is InChI=1S/C17H21N3O3S2/c1-20(25(3,21)22)15-8-5-7-14(11-15)19-17(24)18-12-13-6-4-9-16(10-13)23-2/h4-11H,12H2,1-3H3,(H2,18,19,24). The van der Waals surface area contributed by atoms with Gasteiger partial charge in [-0.3, -0.25) is 4.31 Å². The number of thiocarbonyl (C=S) groups is 1. The van der Waals surface area contributed by atoms with E-state index in [0.29, 0.717) is 23.0 Å². The van der Waals surface area contributed by atoms with Crippen molar-refractivity contribution in [2.24, 2.45) is 0 Å². The SMILES string of the molecule is COc1cccc(CNC(=S)Nc2cccc(N(C)S(C)(=O)=O)c2)c1. The maximum atomic E-state index is 11.6. The van der Waals surface area contributed by atoms with Crippen LogP contribution < -0.4 is 19.7 Å². The summed E-state index contributed by atoms with van der Waals surface area (Å²) >= 11 is 5.29. The Labute approximate surface area is 153 Å². The minimum atomic E-state index is -3.31. The lowest BCUT2D eigenvalue weighted by molar-refractivity contribution is 0.414. The fourth-order valence-electron chi connectivity index (χ4n) is 2.11. The van der Waals surface area contributed by atoms with Crippen LogP contribution in [-0.4, -0.2) is 33.9 Å². The lowest BCUT2D eigenvalue weighted by atomic mass is 10.2. The van der Waals surface area contributed by atoms with E-state index in [4.69, 9.17) is 17.0 Å². The third kappa shape index (κ3) is 5.61. The van der Waals surface area contributed by atoms with E-state index in [1.807, 2.05) is 30.3 Å². The number of methoxy groups -OCH3 is 1. The fraction of sp³-hybridized carbons (Fsp3) is 0.235. The molecule has 2 rings (SSSR count). The van der Waals surface area contributed by atoms with Crippen LogP contribution in [0.1, 0.15) is 5.56 Å². The van der Waals surface area contributed by atoms with E-state index in [1.54, 1.807) is 25.3 Å². The Morgan fingerprint density at radius 3 is 2.60 bits per heavy atom. The number of hydrogen-bond acceptors (Lipinski definition) is 4. The first-order chi connectivity index (χ1) is 11.8. The third-order valence-electron chi connectivity index (χ3n) is 3.55. The van der Waals surface area contributed by atoms with Gasteiger partial charge in [0.05, 0.1) is 19.1 Å². The van der Waals surface area contributed by atoms with Crippen molar-refractivity contribution in [3.05, 3.63) is 54.1 Å². The zero-order valence-corrected chi connectivity index (χ0v) is 15.9. The zero-order valence-electron chi connectivity index (χ0n) is 14.3. The monoisotopic (exact) mass is 379 g/mol. The molecule has 2 aromatic rings. The molecule has 25 heavy (non-hydrogen) atoms. The number of hydrogen-bond donors (Lipinski definition) is 2. The molecule has 0 spiro atoms. The van der Waals surface area contributed by atoms with Crippen LogP contribution in [0.4, 0.5) is 11.4 Å². The maximum Gasteiger partial charge on any atom is 0.231 e. The molecule has 2 aromatic carbocycles. The number of sulfonamides is 1. The fourth-order valence-corrected chi connectivity index (χ4v) is 2.80. The molecule has 6 nitrogen and oxygen atoms in total. The van der Waals surface area contributed by atoms with Gasteiger partial charge in [-0.25, -0.2) is 8.42 Å². The first kappa shape index (κ1) is 19.0. The van der Waals surface area contributed by atoms with Gasteiger partial charge in [0.1, 0.15) is 5.75 Å². The van der Waals surface area contributed by atoms with Gasteiger partial charge in [0.25, 0.3) is 0 Å². The molecule has 0 fully saturated rings. The van der Waals surface area contributed by atoms with Gasteiger partial charge in [-0.1, -0.05) is 18.2 Å². The number of rotatable bonds is 6. The van der Waals surface area contributed by atoms with Crippen molar-refractivity contribution in [1.82, 2.24) is 5.32 Å². The molecule has 2 N–H and O–H groups in total. The summed E-state index contributed by atoms with van der Waals surface area (Å²) in [4.78, 5) is 0. The largest absolute Gasteiger partial charge is 0.497 e. The summed E-state index contributed by atoms with van der Waals surface area (Å²) in [5.41, 5.74) is 2.30. The molecule has 0 atom stereocenters. The number of ether oxygens (including phenoxy) is 1. The lowest BCUT2D eigenvalue weighted by Gasteiger charge is -2.18. The summed E-state index contributed by atoms with van der Waals surface area (Å²) in [7, 11) is -0.177. The van der Waals surface area contributed by atoms with E-state index < -0.39 is 10.0 Å². The molecule has 0 radical (unpaired) electrons. The minimum absolute atomic E-state index is 0.446. The smallest absolute Gasteiger partial charge is 0.231 e. The van der Waals surface area contributed by atoms with Crippen LogP contribution in [0.3, 0.4) is 0 Å². The van der Waals surface area contributed by atoms with E-state index in [9.17, 15) is 8.42 Å². The highest BCUT2D eigenvalue weighted by Gasteiger charge is 2.12. The van der Waals surface area contributed by atoms with Crippen molar-refractivity contribution in [2.45, 2.75) is 6.54 Å². The van der Waals surface area contributed by atoms with Gasteiger partial charge in [0.2, 0.25) is 10.0 Å². The summed E-state index contributed by atoms with van der Waals surface area (Å²) < 4.78 is 29.7. The normalized spacial score (nSPS) is 10.8. The van der Waals surface area contributed by atoms with Gasteiger partial charge >= 0.3 is 0 Å². The molecule has 0 aromatic heterocycles. The molecule has 0 saturated heterocycles. The molecule has 0 amide bonds. The van der Waals surface area contributed by atoms with Gasteiger partial charge in [0.15, 0.2) is 5.11 Å². The van der Waals surface area contributed by atoms with Crippen LogP contribution >= 0.6 is 12.2 Å². The van der Waals surface area contributed by atoms with E-state index in [2.05, 4.69) is 10.6 Å². The minimum Gasteiger partial charge on any atom is -0.497 e. The molecule has 8 heteroatoms. The van der Waals surface area contributed by atoms with Gasteiger partial charge < -0.3 is 15.4 Å². The average molecular weight is 380 g/mol. The molecule has 0 aliphatic carbocycles. The highest BCUT2D eigenvalue weighted by molar-refractivity contribution is 7.92. The summed E-state index contributed by atoms with van der Waals surface area (Å²) in [6.45, 7) is 0.548. The second-order valence-corrected chi connectivity index (χ2v) is 7.86. The number of nitrogens with zero attached hydrogens (tertiary/aromatic N) is 1. The number of nitrogens with one attached hydrogen (secondary N) is 2. The van der Waals surface area contributed by atoms with Crippen molar-refractivity contribution in [2.75, 3.05) is 30.0 Å². The van der Waals surface area contributed by atoms with E-state index >= 15 is 0 Å². The summed E-state index contributed by atoms with van der Waals surface area (Å²) in [5.74, 6) is 0.787. The van der Waals surface area contributed by atoms with Gasteiger partial charge in [0, 0.05) is 19.3 Å². The van der Waals surface area contributed by atoms with Gasteiger partial charge in [-0.15, -0.1) is 0 Å². The topological polar surface area (TPSA) is 70.7 Å². The lowest BCUT2D eigenvalue weighted by Crippen LogP contribution is -2.28. The molecular formula is C17H21N3O3S2. The molecule has 134 valence electrons. The molecular weight excluding hydrogens is 358 g/mol. The highest BCUT2D eigenvalue weighted by atomic mass is 32.2. The Kier molecular flexibility index (Phi) is 6.22. The van der Waals surface area contributed by atoms with Crippen LogP contribution in [0.5, 0.6) is 5.75 Å². The molecule has 0 aliphatic heterocycles. The van der Waals surface area contributed by atoms with Gasteiger partial charge in [-0.2, -0.15) is 0 Å². The van der Waals surface area contributed by atoms with Crippen LogP contribution in [-0.2, 0) is 16.6 Å². The van der Waals surface area contributed by atoms with Crippen molar-refractivity contribution in [3.8, 4) is 5.75 Å². The Morgan fingerprint density at radius 2 is 1.92 bits per heavy atom. The Hall–Kier alpha value is -2.32. The molecule has 0 bridgehead atoms. The average Bonchev–Trinajstić information content (AvgIpc) is 2.59. The Morgan fingerprint density at radius 1 is 1.20 bits per heavy atom. The molecule has 0 saturated carbocycles. The van der Waals surface area contributed by atoms with E-state index in [0.717, 1.165) is 17.6 Å². The first-order valence-electron chi connectivity index (χ1n) is 7.51. The van der Waals surface area contributed by atoms with Crippen molar-refractivity contribution in [3.63, 3.8) is 0 Å². The summed E-state index contributed by atoms with van der Waals surface area (Å²) in [6.07, 6.45) is 1.16. The van der Waals surface area contributed by atoms with Crippen molar-refractivity contribution >= 4 is 38.7 Å². The van der Waals surface area contributed by atoms with Crippen LogP contribution in [0.15, 0.2) is 48.5 Å². The number of anilines is 2. The van der Waals surface area contributed by atoms with Crippen LogP contribution in [0.2, 0.25) is 0 Å². The number of benzene rings is 2. The van der Waals surface area contributed by atoms with E-state index in [-0.39, 0.29) is 0 Å². The maximum absolute atomic E-state index is 11.6. The Balaban J connectivity index is 1.98. The quantitative estimate of drug-likeness (QED) is 0.752.